The van der Waals surface area contributed by atoms with Crippen LogP contribution in [0.3, 0.4) is 0 Å². The Kier molecular flexibility index (Phi) is 5.95. The molecule has 0 atom stereocenters. The van der Waals surface area contributed by atoms with Gasteiger partial charge in [-0.3, -0.25) is 0 Å². The number of halogens is 2. The summed E-state index contributed by atoms with van der Waals surface area (Å²) < 4.78 is 17.3. The largest absolute Gasteiger partial charge is 1.00 e. The molecule has 11 heavy (non-hydrogen) atoms. The van der Waals surface area contributed by atoms with Gasteiger partial charge in [-0.1, -0.05) is 5.02 Å². The van der Waals surface area contributed by atoms with Crippen molar-refractivity contribution in [3.05, 3.63) is 29.0 Å². The average Bonchev–Trinajstić information content (AvgIpc) is 1.88. The van der Waals surface area contributed by atoms with Gasteiger partial charge in [-0.15, -0.1) is 23.7 Å². The SMILES string of the molecule is COc1c[c-]c(Cl)cc1F.[K+]. The summed E-state index contributed by atoms with van der Waals surface area (Å²) in [6, 6.07) is 5.10. The molecule has 0 N–H and O–H groups in total. The van der Waals surface area contributed by atoms with Gasteiger partial charge < -0.3 is 4.74 Å². The zero-order valence-electron chi connectivity index (χ0n) is 6.32. The fraction of sp³-hybridized carbons (Fsp3) is 0.143. The summed E-state index contributed by atoms with van der Waals surface area (Å²) in [7, 11) is 1.39. The van der Waals surface area contributed by atoms with Gasteiger partial charge in [0.05, 0.1) is 12.9 Å². The predicted molar refractivity (Wildman–Crippen MR) is 36.8 cm³/mol. The van der Waals surface area contributed by atoms with Crippen molar-refractivity contribution < 1.29 is 60.5 Å². The molecule has 4 heteroatoms. The first-order valence-electron chi connectivity index (χ1n) is 2.65. The monoisotopic (exact) mass is 198 g/mol. The van der Waals surface area contributed by atoms with E-state index < -0.39 is 5.82 Å². The maximum atomic E-state index is 12.6. The van der Waals surface area contributed by atoms with Crippen LogP contribution in [-0.2, 0) is 0 Å². The second-order valence-corrected chi connectivity index (χ2v) is 2.10. The molecule has 0 spiro atoms. The van der Waals surface area contributed by atoms with Crippen molar-refractivity contribution in [2.24, 2.45) is 0 Å². The van der Waals surface area contributed by atoms with Crippen molar-refractivity contribution in [1.82, 2.24) is 0 Å². The van der Waals surface area contributed by atoms with E-state index in [1.807, 2.05) is 0 Å². The van der Waals surface area contributed by atoms with E-state index >= 15 is 0 Å². The van der Waals surface area contributed by atoms with Crippen LogP contribution in [0.15, 0.2) is 12.1 Å². The topological polar surface area (TPSA) is 9.23 Å². The van der Waals surface area contributed by atoms with Crippen LogP contribution in [0.1, 0.15) is 0 Å². The normalized spacial score (nSPS) is 8.64. The summed E-state index contributed by atoms with van der Waals surface area (Å²) in [5, 5.41) is 0.248. The van der Waals surface area contributed by atoms with E-state index in [2.05, 4.69) is 10.8 Å². The van der Waals surface area contributed by atoms with Gasteiger partial charge in [-0.05, 0) is 0 Å². The molecular formula is C7H5ClFKO. The molecule has 0 aliphatic heterocycles. The molecule has 0 saturated heterocycles. The van der Waals surface area contributed by atoms with Crippen LogP contribution in [0.2, 0.25) is 5.02 Å². The fourth-order valence-electron chi connectivity index (χ4n) is 0.584. The van der Waals surface area contributed by atoms with Gasteiger partial charge in [-0.2, -0.15) is 6.07 Å². The number of rotatable bonds is 1. The van der Waals surface area contributed by atoms with Crippen LogP contribution in [0.4, 0.5) is 4.39 Å². The molecule has 1 rings (SSSR count). The Balaban J connectivity index is 0.000001000. The maximum absolute atomic E-state index is 12.6. The fourth-order valence-corrected chi connectivity index (χ4v) is 0.734. The molecule has 1 nitrogen and oxygen atoms in total. The Morgan fingerprint density at radius 2 is 2.27 bits per heavy atom. The van der Waals surface area contributed by atoms with Gasteiger partial charge in [0.1, 0.15) is 0 Å². The van der Waals surface area contributed by atoms with E-state index in [0.717, 1.165) is 6.07 Å². The van der Waals surface area contributed by atoms with Gasteiger partial charge in [-0.25, -0.2) is 4.39 Å². The summed E-state index contributed by atoms with van der Waals surface area (Å²) in [6.07, 6.45) is 0. The zero-order valence-corrected chi connectivity index (χ0v) is 10.2. The Bertz CT molecular complexity index is 242. The van der Waals surface area contributed by atoms with Crippen molar-refractivity contribution >= 4 is 11.6 Å². The number of ether oxygens (including phenoxy) is 1. The third-order valence-electron chi connectivity index (χ3n) is 1.05. The molecular weight excluding hydrogens is 194 g/mol. The summed E-state index contributed by atoms with van der Waals surface area (Å²) in [4.78, 5) is 0. The first-order chi connectivity index (χ1) is 4.74. The van der Waals surface area contributed by atoms with Gasteiger partial charge in [0, 0.05) is 5.75 Å². The third kappa shape index (κ3) is 3.40. The van der Waals surface area contributed by atoms with Crippen LogP contribution in [-0.4, -0.2) is 7.11 Å². The van der Waals surface area contributed by atoms with Crippen LogP contribution < -0.4 is 56.1 Å². The van der Waals surface area contributed by atoms with Gasteiger partial charge >= 0.3 is 51.4 Å². The van der Waals surface area contributed by atoms with E-state index in [1.54, 1.807) is 0 Å². The maximum Gasteiger partial charge on any atom is 1.00 e. The molecule has 0 amide bonds. The van der Waals surface area contributed by atoms with Gasteiger partial charge in [0.2, 0.25) is 0 Å². The number of methoxy groups -OCH3 is 1. The van der Waals surface area contributed by atoms with Crippen molar-refractivity contribution in [3.63, 3.8) is 0 Å². The summed E-state index contributed by atoms with van der Waals surface area (Å²) in [6.45, 7) is 0. The minimum absolute atomic E-state index is 0. The van der Waals surface area contributed by atoms with E-state index in [1.165, 1.54) is 13.2 Å². The molecule has 1 aromatic carbocycles. The molecule has 0 saturated carbocycles. The van der Waals surface area contributed by atoms with Crippen LogP contribution in [0, 0.1) is 11.9 Å². The van der Waals surface area contributed by atoms with Crippen LogP contribution in [0.25, 0.3) is 0 Å². The van der Waals surface area contributed by atoms with Crippen molar-refractivity contribution in [2.45, 2.75) is 0 Å². The number of hydrogen-bond acceptors (Lipinski definition) is 1. The van der Waals surface area contributed by atoms with Crippen molar-refractivity contribution in [2.75, 3.05) is 7.11 Å². The second kappa shape index (κ2) is 5.51. The standard InChI is InChI=1S/C7H5ClFO.K/c1-10-7-3-2-5(8)4-6(7)9;/h3-4H,1H3;/q-1;+1. The number of benzene rings is 1. The van der Waals surface area contributed by atoms with Crippen molar-refractivity contribution in [3.8, 4) is 5.75 Å². The van der Waals surface area contributed by atoms with Crippen molar-refractivity contribution in [1.29, 1.82) is 0 Å². The number of hydrogen-bond donors (Lipinski definition) is 0. The molecule has 0 unspecified atom stereocenters. The average molecular weight is 199 g/mol. The summed E-state index contributed by atoms with van der Waals surface area (Å²) >= 11 is 5.42. The molecule has 0 aromatic heterocycles. The van der Waals surface area contributed by atoms with E-state index in [-0.39, 0.29) is 62.2 Å². The quantitative estimate of drug-likeness (QED) is 0.428. The minimum atomic E-state index is -0.466. The predicted octanol–water partition coefficient (Wildman–Crippen LogP) is -0.708. The molecule has 0 fully saturated rings. The van der Waals surface area contributed by atoms with Crippen LogP contribution >= 0.6 is 11.6 Å². The third-order valence-corrected chi connectivity index (χ3v) is 1.27. The smallest absolute Gasteiger partial charge is 0.551 e. The molecule has 54 valence electrons. The Morgan fingerprint density at radius 3 is 2.73 bits per heavy atom. The Morgan fingerprint density at radius 1 is 1.64 bits per heavy atom. The van der Waals surface area contributed by atoms with Crippen LogP contribution in [0.5, 0.6) is 5.75 Å². The van der Waals surface area contributed by atoms with Gasteiger partial charge in [0.15, 0.2) is 0 Å². The molecule has 0 heterocycles. The first kappa shape index (κ1) is 11.9. The Labute approximate surface area is 112 Å². The van der Waals surface area contributed by atoms with E-state index in [4.69, 9.17) is 11.6 Å². The van der Waals surface area contributed by atoms with Gasteiger partial charge in [0.25, 0.3) is 0 Å². The summed E-state index contributed by atoms with van der Waals surface area (Å²) in [5.74, 6) is -0.310. The van der Waals surface area contributed by atoms with E-state index in [0.29, 0.717) is 0 Å². The molecule has 0 aliphatic carbocycles. The Hall–Kier alpha value is 0.876. The molecule has 0 radical (unpaired) electrons. The van der Waals surface area contributed by atoms with E-state index in [9.17, 15) is 4.39 Å². The minimum Gasteiger partial charge on any atom is -0.551 e. The summed E-state index contributed by atoms with van der Waals surface area (Å²) in [5.41, 5.74) is 0. The molecule has 0 bridgehead atoms. The second-order valence-electron chi connectivity index (χ2n) is 1.70. The first-order valence-corrected chi connectivity index (χ1v) is 3.02. The molecule has 0 aliphatic rings. The molecule has 1 aromatic rings. The zero-order chi connectivity index (χ0) is 7.56.